The Morgan fingerprint density at radius 3 is 1.90 bits per heavy atom. The standard InChI is InChI=1S/C31H29F5N2O3/c1-38(2)9-10-41-29-8-5-20(17-28(29)36)31(40)37-23-15-21(11-18-3-6-24(32)26(34)13-18)30(39)22(16-23)12-19-4-7-25(33)27(35)14-19/h3-8,11-14,17,23,30,39H,9-10,15-16H2,1-2H3,(H,37,40)/b21-11+,22-12+. The molecule has 5 nitrogen and oxygen atoms in total. The normalized spacial score (nSPS) is 19.1. The highest BCUT2D eigenvalue weighted by Gasteiger charge is 2.30. The van der Waals surface area contributed by atoms with Gasteiger partial charge >= 0.3 is 0 Å². The number of nitrogens with zero attached hydrogens (tertiary/aromatic N) is 1. The van der Waals surface area contributed by atoms with E-state index in [1.807, 2.05) is 19.0 Å². The van der Waals surface area contributed by atoms with E-state index in [1.54, 1.807) is 0 Å². The van der Waals surface area contributed by atoms with Gasteiger partial charge in [-0.15, -0.1) is 0 Å². The first kappa shape index (κ1) is 30.0. The first-order valence-electron chi connectivity index (χ1n) is 12.9. The average Bonchev–Trinajstić information content (AvgIpc) is 2.91. The summed E-state index contributed by atoms with van der Waals surface area (Å²) < 4.78 is 74.6. The third-order valence-corrected chi connectivity index (χ3v) is 6.58. The van der Waals surface area contributed by atoms with Gasteiger partial charge in [-0.25, -0.2) is 22.0 Å². The predicted molar refractivity (Wildman–Crippen MR) is 146 cm³/mol. The van der Waals surface area contributed by atoms with Crippen LogP contribution in [0, 0.1) is 29.1 Å². The van der Waals surface area contributed by atoms with Crippen molar-refractivity contribution in [2.24, 2.45) is 0 Å². The fourth-order valence-electron chi connectivity index (χ4n) is 4.48. The number of aliphatic hydroxyl groups is 1. The Hall–Kier alpha value is -4.02. The van der Waals surface area contributed by atoms with Crippen LogP contribution >= 0.6 is 0 Å². The molecule has 0 bridgehead atoms. The van der Waals surface area contributed by atoms with Gasteiger partial charge in [-0.1, -0.05) is 24.3 Å². The van der Waals surface area contributed by atoms with Crippen molar-refractivity contribution in [1.82, 2.24) is 10.2 Å². The molecule has 1 aliphatic rings. The molecule has 0 aliphatic heterocycles. The maximum Gasteiger partial charge on any atom is 0.251 e. The zero-order valence-electron chi connectivity index (χ0n) is 22.4. The number of amides is 1. The van der Waals surface area contributed by atoms with Crippen molar-refractivity contribution in [1.29, 1.82) is 0 Å². The van der Waals surface area contributed by atoms with Gasteiger partial charge < -0.3 is 20.1 Å². The van der Waals surface area contributed by atoms with Gasteiger partial charge in [-0.05, 0) is 91.7 Å². The molecule has 0 atom stereocenters. The topological polar surface area (TPSA) is 61.8 Å². The highest BCUT2D eigenvalue weighted by molar-refractivity contribution is 5.94. The average molecular weight is 573 g/mol. The molecule has 10 heteroatoms. The van der Waals surface area contributed by atoms with Crippen LogP contribution in [0.3, 0.4) is 0 Å². The number of carbonyl (C=O) groups is 1. The maximum atomic E-state index is 14.6. The smallest absolute Gasteiger partial charge is 0.251 e. The van der Waals surface area contributed by atoms with Crippen molar-refractivity contribution in [2.45, 2.75) is 25.0 Å². The van der Waals surface area contributed by atoms with Crippen LogP contribution in [-0.4, -0.2) is 55.3 Å². The third-order valence-electron chi connectivity index (χ3n) is 6.58. The highest BCUT2D eigenvalue weighted by atomic mass is 19.2. The van der Waals surface area contributed by atoms with E-state index in [4.69, 9.17) is 4.74 Å². The van der Waals surface area contributed by atoms with E-state index < -0.39 is 47.1 Å². The van der Waals surface area contributed by atoms with Crippen molar-refractivity contribution in [2.75, 3.05) is 27.2 Å². The molecule has 1 saturated carbocycles. The fourth-order valence-corrected chi connectivity index (χ4v) is 4.48. The molecule has 1 amide bonds. The molecule has 0 heterocycles. The van der Waals surface area contributed by atoms with Crippen molar-refractivity contribution in [3.63, 3.8) is 0 Å². The van der Waals surface area contributed by atoms with E-state index >= 15 is 0 Å². The van der Waals surface area contributed by atoms with Crippen LogP contribution in [0.2, 0.25) is 0 Å². The Labute approximate surface area is 234 Å². The molecular weight excluding hydrogens is 543 g/mol. The van der Waals surface area contributed by atoms with Gasteiger partial charge in [-0.2, -0.15) is 0 Å². The molecule has 0 aromatic heterocycles. The number of halogens is 5. The Balaban J connectivity index is 1.59. The molecule has 0 unspecified atom stereocenters. The van der Waals surface area contributed by atoms with Gasteiger partial charge in [0.2, 0.25) is 0 Å². The molecule has 4 rings (SSSR count). The molecule has 1 aliphatic carbocycles. The molecule has 3 aromatic carbocycles. The van der Waals surface area contributed by atoms with Crippen LogP contribution < -0.4 is 10.1 Å². The highest BCUT2D eigenvalue weighted by Crippen LogP contribution is 2.33. The number of likely N-dealkylation sites (N-methyl/N-ethyl adjacent to an activating group) is 1. The lowest BCUT2D eigenvalue weighted by Gasteiger charge is -2.32. The second kappa shape index (κ2) is 13.1. The summed E-state index contributed by atoms with van der Waals surface area (Å²) in [7, 11) is 3.71. The number of rotatable bonds is 8. The van der Waals surface area contributed by atoms with E-state index in [1.165, 1.54) is 36.4 Å². The Morgan fingerprint density at radius 1 is 0.854 bits per heavy atom. The second-order valence-corrected chi connectivity index (χ2v) is 10.1. The van der Waals surface area contributed by atoms with Crippen LogP contribution in [-0.2, 0) is 0 Å². The predicted octanol–water partition coefficient (Wildman–Crippen LogP) is 5.74. The van der Waals surface area contributed by atoms with Gasteiger partial charge in [0.05, 0.1) is 6.10 Å². The van der Waals surface area contributed by atoms with Crippen molar-refractivity contribution in [3.8, 4) is 5.75 Å². The minimum atomic E-state index is -1.19. The summed E-state index contributed by atoms with van der Waals surface area (Å²) in [6, 6.07) is 9.79. The van der Waals surface area contributed by atoms with Crippen LogP contribution in [0.5, 0.6) is 5.75 Å². The Morgan fingerprint density at radius 2 is 1.41 bits per heavy atom. The lowest BCUT2D eigenvalue weighted by atomic mass is 9.82. The van der Waals surface area contributed by atoms with E-state index in [2.05, 4.69) is 5.32 Å². The number of nitrogens with one attached hydrogen (secondary N) is 1. The maximum absolute atomic E-state index is 14.6. The zero-order chi connectivity index (χ0) is 29.7. The minimum absolute atomic E-state index is 0.0117. The zero-order valence-corrected chi connectivity index (χ0v) is 22.4. The Kier molecular flexibility index (Phi) is 9.57. The van der Waals surface area contributed by atoms with E-state index in [-0.39, 0.29) is 41.9 Å². The lowest BCUT2D eigenvalue weighted by Crippen LogP contribution is -2.40. The number of benzene rings is 3. The van der Waals surface area contributed by atoms with Crippen LogP contribution in [0.1, 0.15) is 34.3 Å². The molecule has 3 aromatic rings. The van der Waals surface area contributed by atoms with Crippen LogP contribution in [0.15, 0.2) is 65.7 Å². The van der Waals surface area contributed by atoms with Gasteiger partial charge in [-0.3, -0.25) is 4.79 Å². The quantitative estimate of drug-likeness (QED) is 0.338. The van der Waals surface area contributed by atoms with Gasteiger partial charge in [0, 0.05) is 18.2 Å². The molecule has 0 radical (unpaired) electrons. The first-order valence-corrected chi connectivity index (χ1v) is 12.9. The molecule has 2 N–H and O–H groups in total. The summed E-state index contributed by atoms with van der Waals surface area (Å²) in [5, 5.41) is 13.9. The van der Waals surface area contributed by atoms with E-state index in [0.717, 1.165) is 30.3 Å². The summed E-state index contributed by atoms with van der Waals surface area (Å²) in [6.07, 6.45) is 2.03. The molecule has 1 fully saturated rings. The molecule has 0 spiro atoms. The molecule has 41 heavy (non-hydrogen) atoms. The van der Waals surface area contributed by atoms with Gasteiger partial charge in [0.25, 0.3) is 5.91 Å². The van der Waals surface area contributed by atoms with Gasteiger partial charge in [0.1, 0.15) is 6.61 Å². The monoisotopic (exact) mass is 572 g/mol. The number of hydrogen-bond acceptors (Lipinski definition) is 4. The number of ether oxygens (including phenoxy) is 1. The van der Waals surface area contributed by atoms with Crippen molar-refractivity contribution in [3.05, 3.63) is 112 Å². The summed E-state index contributed by atoms with van der Waals surface area (Å²) in [5.41, 5.74) is 1.35. The molecule has 0 saturated heterocycles. The van der Waals surface area contributed by atoms with Crippen molar-refractivity contribution >= 4 is 18.1 Å². The van der Waals surface area contributed by atoms with Crippen LogP contribution in [0.4, 0.5) is 22.0 Å². The summed E-state index contributed by atoms with van der Waals surface area (Å²) in [5.74, 6) is -5.45. The summed E-state index contributed by atoms with van der Waals surface area (Å²) in [4.78, 5) is 14.9. The minimum Gasteiger partial charge on any atom is -0.489 e. The number of aliphatic hydroxyl groups excluding tert-OH is 1. The van der Waals surface area contributed by atoms with E-state index in [0.29, 0.717) is 17.7 Å². The van der Waals surface area contributed by atoms with Crippen LogP contribution in [0.25, 0.3) is 12.2 Å². The summed E-state index contributed by atoms with van der Waals surface area (Å²) >= 11 is 0. The van der Waals surface area contributed by atoms with E-state index in [9.17, 15) is 31.9 Å². The Bertz CT molecular complexity index is 1420. The van der Waals surface area contributed by atoms with Gasteiger partial charge in [0.15, 0.2) is 34.8 Å². The first-order chi connectivity index (χ1) is 19.5. The summed E-state index contributed by atoms with van der Waals surface area (Å²) in [6.45, 7) is 0.843. The third kappa shape index (κ3) is 7.80. The molecular formula is C31H29F5N2O3. The SMILES string of the molecule is CN(C)CCOc1ccc(C(=O)NC2C/C(=C\c3ccc(F)c(F)c3)C(O)/C(=C/c3ccc(F)c(F)c3)C2)cc1F. The number of hydrogen-bond donors (Lipinski definition) is 2. The number of carbonyl (C=O) groups excluding carboxylic acids is 1. The molecule has 216 valence electrons. The van der Waals surface area contributed by atoms with Crippen molar-refractivity contribution < 1.29 is 36.6 Å². The lowest BCUT2D eigenvalue weighted by molar-refractivity contribution is 0.0928. The fraction of sp³-hybridized carbons (Fsp3) is 0.258. The largest absolute Gasteiger partial charge is 0.489 e. The second-order valence-electron chi connectivity index (χ2n) is 10.1.